The zero-order chi connectivity index (χ0) is 17.8. The third kappa shape index (κ3) is 4.24. The molecule has 1 aliphatic heterocycles. The summed E-state index contributed by atoms with van der Waals surface area (Å²) in [5, 5.41) is 13.1. The van der Waals surface area contributed by atoms with Crippen molar-refractivity contribution in [1.29, 1.82) is 0 Å². The van der Waals surface area contributed by atoms with E-state index in [2.05, 4.69) is 23.2 Å². The smallest absolute Gasteiger partial charge is 0.227 e. The molecule has 0 spiro atoms. The zero-order valence-corrected chi connectivity index (χ0v) is 14.3. The summed E-state index contributed by atoms with van der Waals surface area (Å²) in [7, 11) is 0. The Kier molecular flexibility index (Phi) is 5.46. The van der Waals surface area contributed by atoms with Gasteiger partial charge in [-0.05, 0) is 47.9 Å². The molecule has 2 N–H and O–H groups in total. The molecular weight excluding hydrogens is 319 g/mol. The second-order valence-corrected chi connectivity index (χ2v) is 6.48. The highest BCUT2D eigenvalue weighted by atomic mass is 19.1. The molecule has 0 bridgehead atoms. The van der Waals surface area contributed by atoms with Crippen LogP contribution in [-0.2, 0) is 17.9 Å². The number of aliphatic hydroxyl groups excluding tert-OH is 1. The first-order valence-corrected chi connectivity index (χ1v) is 8.63. The Balaban J connectivity index is 1.65. The van der Waals surface area contributed by atoms with Crippen LogP contribution in [-0.4, -0.2) is 22.5 Å². The van der Waals surface area contributed by atoms with E-state index in [9.17, 15) is 14.3 Å². The molecule has 2 aromatic rings. The van der Waals surface area contributed by atoms with Crippen LogP contribution in [0.25, 0.3) is 0 Å². The summed E-state index contributed by atoms with van der Waals surface area (Å²) in [6.45, 7) is 4.91. The van der Waals surface area contributed by atoms with Crippen molar-refractivity contribution in [2.24, 2.45) is 0 Å². The van der Waals surface area contributed by atoms with E-state index in [0.717, 1.165) is 37.3 Å². The molecule has 0 aromatic heterocycles. The van der Waals surface area contributed by atoms with Crippen molar-refractivity contribution < 1.29 is 14.3 Å². The predicted molar refractivity (Wildman–Crippen MR) is 95.5 cm³/mol. The summed E-state index contributed by atoms with van der Waals surface area (Å²) < 4.78 is 13.2. The van der Waals surface area contributed by atoms with Gasteiger partial charge in [0.2, 0.25) is 5.91 Å². The Morgan fingerprint density at radius 1 is 1.28 bits per heavy atom. The van der Waals surface area contributed by atoms with Crippen LogP contribution in [0.3, 0.4) is 0 Å². The Morgan fingerprint density at radius 3 is 2.84 bits per heavy atom. The summed E-state index contributed by atoms with van der Waals surface area (Å²) >= 11 is 0. The highest BCUT2D eigenvalue weighted by molar-refractivity contribution is 5.92. The van der Waals surface area contributed by atoms with Gasteiger partial charge in [-0.25, -0.2) is 4.39 Å². The summed E-state index contributed by atoms with van der Waals surface area (Å²) in [6, 6.07) is 11.6. The van der Waals surface area contributed by atoms with Gasteiger partial charge in [0.25, 0.3) is 0 Å². The van der Waals surface area contributed by atoms with E-state index in [-0.39, 0.29) is 12.3 Å². The highest BCUT2D eigenvalue weighted by Crippen LogP contribution is 2.30. The topological polar surface area (TPSA) is 52.6 Å². The Labute approximate surface area is 147 Å². The van der Waals surface area contributed by atoms with Crippen LogP contribution in [0.5, 0.6) is 0 Å². The SMILES string of the molecule is CCCN1Cc2cccc(NC(=O)CC(O)c3cccc(F)c3)c2C1. The van der Waals surface area contributed by atoms with Crippen LogP contribution in [0.4, 0.5) is 10.1 Å². The van der Waals surface area contributed by atoms with Gasteiger partial charge in [-0.15, -0.1) is 0 Å². The number of fused-ring (bicyclic) bond motifs is 1. The molecule has 0 aliphatic carbocycles. The number of carbonyl (C=O) groups excluding carboxylic acids is 1. The van der Waals surface area contributed by atoms with Gasteiger partial charge in [0.15, 0.2) is 0 Å². The van der Waals surface area contributed by atoms with E-state index in [4.69, 9.17) is 0 Å². The number of nitrogens with zero attached hydrogens (tertiary/aromatic N) is 1. The van der Waals surface area contributed by atoms with Crippen molar-refractivity contribution in [3.05, 3.63) is 65.0 Å². The maximum absolute atomic E-state index is 13.2. The van der Waals surface area contributed by atoms with E-state index in [1.165, 1.54) is 23.8 Å². The molecule has 1 unspecified atom stereocenters. The van der Waals surface area contributed by atoms with E-state index in [0.29, 0.717) is 5.56 Å². The number of amides is 1. The molecule has 1 atom stereocenters. The first-order chi connectivity index (χ1) is 12.1. The number of anilines is 1. The van der Waals surface area contributed by atoms with Gasteiger partial charge in [-0.1, -0.05) is 31.2 Å². The lowest BCUT2D eigenvalue weighted by atomic mass is 10.1. The number of rotatable bonds is 6. The molecule has 2 aromatic carbocycles. The van der Waals surface area contributed by atoms with Crippen molar-refractivity contribution in [2.45, 2.75) is 39.0 Å². The van der Waals surface area contributed by atoms with Crippen LogP contribution in [0.1, 0.15) is 42.6 Å². The molecule has 0 fully saturated rings. The Morgan fingerprint density at radius 2 is 2.08 bits per heavy atom. The first-order valence-electron chi connectivity index (χ1n) is 8.63. The van der Waals surface area contributed by atoms with Gasteiger partial charge in [-0.3, -0.25) is 9.69 Å². The van der Waals surface area contributed by atoms with Crippen molar-refractivity contribution in [2.75, 3.05) is 11.9 Å². The average Bonchev–Trinajstić information content (AvgIpc) is 2.99. The lowest BCUT2D eigenvalue weighted by molar-refractivity contribution is -0.118. The van der Waals surface area contributed by atoms with Gasteiger partial charge < -0.3 is 10.4 Å². The fourth-order valence-corrected chi connectivity index (χ4v) is 3.29. The maximum atomic E-state index is 13.2. The number of benzene rings is 2. The van der Waals surface area contributed by atoms with Crippen LogP contribution < -0.4 is 5.32 Å². The summed E-state index contributed by atoms with van der Waals surface area (Å²) in [4.78, 5) is 14.7. The van der Waals surface area contributed by atoms with Crippen LogP contribution >= 0.6 is 0 Å². The van der Waals surface area contributed by atoms with Gasteiger partial charge in [0.05, 0.1) is 12.5 Å². The van der Waals surface area contributed by atoms with Crippen molar-refractivity contribution in [3.63, 3.8) is 0 Å². The molecule has 132 valence electrons. The molecule has 1 amide bonds. The maximum Gasteiger partial charge on any atom is 0.227 e. The van der Waals surface area contributed by atoms with Crippen LogP contribution in [0.2, 0.25) is 0 Å². The second kappa shape index (κ2) is 7.76. The number of carbonyl (C=O) groups is 1. The molecule has 0 saturated heterocycles. The predicted octanol–water partition coefficient (Wildman–Crippen LogP) is 3.61. The fraction of sp³-hybridized carbons (Fsp3) is 0.350. The van der Waals surface area contributed by atoms with E-state index >= 15 is 0 Å². The van der Waals surface area contributed by atoms with E-state index in [1.54, 1.807) is 6.07 Å². The number of hydrogen-bond acceptors (Lipinski definition) is 3. The minimum Gasteiger partial charge on any atom is -0.388 e. The molecule has 5 heteroatoms. The zero-order valence-electron chi connectivity index (χ0n) is 14.3. The molecule has 4 nitrogen and oxygen atoms in total. The lowest BCUT2D eigenvalue weighted by Gasteiger charge is -2.14. The standard InChI is InChI=1S/C20H23FN2O2/c1-2-9-23-12-15-6-4-8-18(17(15)13-23)22-20(25)11-19(24)14-5-3-7-16(21)10-14/h3-8,10,19,24H,2,9,11-13H2,1H3,(H,22,25). The van der Waals surface area contributed by atoms with Crippen molar-refractivity contribution in [1.82, 2.24) is 4.90 Å². The summed E-state index contributed by atoms with van der Waals surface area (Å²) in [5.41, 5.74) is 3.58. The molecule has 1 heterocycles. The number of hydrogen-bond donors (Lipinski definition) is 2. The summed E-state index contributed by atoms with van der Waals surface area (Å²) in [6.07, 6.45) is -0.0366. The Bertz CT molecular complexity index is 763. The number of nitrogens with one attached hydrogen (secondary N) is 1. The van der Waals surface area contributed by atoms with Crippen LogP contribution in [0.15, 0.2) is 42.5 Å². The van der Waals surface area contributed by atoms with Crippen molar-refractivity contribution in [3.8, 4) is 0 Å². The average molecular weight is 342 g/mol. The molecule has 0 radical (unpaired) electrons. The minimum absolute atomic E-state index is 0.105. The van der Waals surface area contributed by atoms with Gasteiger partial charge in [-0.2, -0.15) is 0 Å². The van der Waals surface area contributed by atoms with E-state index in [1.807, 2.05) is 12.1 Å². The molecule has 1 aliphatic rings. The first kappa shape index (κ1) is 17.6. The minimum atomic E-state index is -1.02. The lowest BCUT2D eigenvalue weighted by Crippen LogP contribution is -2.18. The van der Waals surface area contributed by atoms with Gasteiger partial charge >= 0.3 is 0 Å². The molecule has 3 rings (SSSR count). The number of aliphatic hydroxyl groups is 1. The van der Waals surface area contributed by atoms with Crippen molar-refractivity contribution >= 4 is 11.6 Å². The second-order valence-electron chi connectivity index (χ2n) is 6.48. The quantitative estimate of drug-likeness (QED) is 0.843. The Hall–Kier alpha value is -2.24. The molecule has 25 heavy (non-hydrogen) atoms. The van der Waals surface area contributed by atoms with Crippen LogP contribution in [0, 0.1) is 5.82 Å². The largest absolute Gasteiger partial charge is 0.388 e. The fourth-order valence-electron chi connectivity index (χ4n) is 3.29. The normalized spacial score (nSPS) is 15.0. The van der Waals surface area contributed by atoms with Gasteiger partial charge in [0.1, 0.15) is 5.82 Å². The summed E-state index contributed by atoms with van der Waals surface area (Å²) in [5.74, 6) is -0.701. The van der Waals surface area contributed by atoms with E-state index < -0.39 is 11.9 Å². The third-order valence-corrected chi connectivity index (χ3v) is 4.47. The molecular formula is C20H23FN2O2. The third-order valence-electron chi connectivity index (χ3n) is 4.47. The monoisotopic (exact) mass is 342 g/mol. The number of halogens is 1. The molecule has 0 saturated carbocycles. The van der Waals surface area contributed by atoms with Gasteiger partial charge in [0, 0.05) is 18.8 Å². The highest BCUT2D eigenvalue weighted by Gasteiger charge is 2.22.